The Morgan fingerprint density at radius 1 is 1.11 bits per heavy atom. The predicted molar refractivity (Wildman–Crippen MR) is 62.0 cm³/mol. The second-order valence-corrected chi connectivity index (χ2v) is 3.55. The molecule has 1 heterocycles. The molecule has 98 valence electrons. The number of hydrogen-bond acceptors (Lipinski definition) is 3. The normalized spacial score (nSPS) is 10.2. The van der Waals surface area contributed by atoms with Crippen molar-refractivity contribution < 1.29 is 13.6 Å². The zero-order chi connectivity index (χ0) is 14.0. The number of carbonyl (C=O) groups is 1. The second kappa shape index (κ2) is 4.84. The third kappa shape index (κ3) is 2.73. The topological polar surface area (TPSA) is 94.8 Å². The van der Waals surface area contributed by atoms with E-state index in [-0.39, 0.29) is 0 Å². The highest BCUT2D eigenvalue weighted by Gasteiger charge is 2.14. The summed E-state index contributed by atoms with van der Waals surface area (Å²) in [5.41, 5.74) is -2.76. The van der Waals surface area contributed by atoms with Crippen molar-refractivity contribution in [2.75, 3.05) is 5.32 Å². The number of nitrogens with one attached hydrogen (secondary N) is 3. The Labute approximate surface area is 104 Å². The third-order valence-electron chi connectivity index (χ3n) is 2.21. The Hall–Kier alpha value is -2.77. The van der Waals surface area contributed by atoms with Crippen molar-refractivity contribution in [1.82, 2.24) is 9.97 Å². The van der Waals surface area contributed by atoms with E-state index in [1.54, 1.807) is 0 Å². The monoisotopic (exact) mass is 267 g/mol. The Bertz CT molecular complexity index is 703. The highest BCUT2D eigenvalue weighted by Crippen LogP contribution is 2.18. The molecule has 0 saturated carbocycles. The van der Waals surface area contributed by atoms with Gasteiger partial charge in [0.05, 0.1) is 0 Å². The van der Waals surface area contributed by atoms with Gasteiger partial charge in [-0.05, 0) is 12.1 Å². The molecule has 0 atom stereocenters. The zero-order valence-electron chi connectivity index (χ0n) is 9.29. The Kier molecular flexibility index (Phi) is 3.23. The SMILES string of the molecule is O=C(Nc1c(F)cccc1F)c1cc(=O)[nH]c(=O)[nH]1. The van der Waals surface area contributed by atoms with Gasteiger partial charge in [-0.1, -0.05) is 6.07 Å². The molecule has 2 aromatic rings. The number of aromatic amines is 2. The molecule has 0 radical (unpaired) electrons. The number of aromatic nitrogens is 2. The van der Waals surface area contributed by atoms with Gasteiger partial charge in [-0.25, -0.2) is 13.6 Å². The number of anilines is 1. The smallest absolute Gasteiger partial charge is 0.316 e. The van der Waals surface area contributed by atoms with Gasteiger partial charge in [-0.2, -0.15) is 0 Å². The van der Waals surface area contributed by atoms with E-state index >= 15 is 0 Å². The molecule has 0 aliphatic rings. The van der Waals surface area contributed by atoms with Crippen LogP contribution in [0.1, 0.15) is 10.5 Å². The summed E-state index contributed by atoms with van der Waals surface area (Å²) in [5, 5.41) is 1.94. The maximum absolute atomic E-state index is 13.3. The Morgan fingerprint density at radius 3 is 2.32 bits per heavy atom. The number of carbonyl (C=O) groups excluding carboxylic acids is 1. The third-order valence-corrected chi connectivity index (χ3v) is 2.21. The van der Waals surface area contributed by atoms with Gasteiger partial charge in [-0.3, -0.25) is 14.6 Å². The van der Waals surface area contributed by atoms with Crippen molar-refractivity contribution in [3.8, 4) is 0 Å². The Balaban J connectivity index is 2.36. The molecule has 0 spiro atoms. The summed E-state index contributed by atoms with van der Waals surface area (Å²) in [7, 11) is 0. The molecular formula is C11H7F2N3O3. The average Bonchev–Trinajstić information content (AvgIpc) is 2.32. The number of rotatable bonds is 2. The van der Waals surface area contributed by atoms with Crippen LogP contribution in [-0.2, 0) is 0 Å². The van der Waals surface area contributed by atoms with Gasteiger partial charge in [0.2, 0.25) is 0 Å². The fourth-order valence-corrected chi connectivity index (χ4v) is 1.39. The molecule has 0 unspecified atom stereocenters. The van der Waals surface area contributed by atoms with Gasteiger partial charge in [0, 0.05) is 6.07 Å². The van der Waals surface area contributed by atoms with Crippen LogP contribution in [0.4, 0.5) is 14.5 Å². The number of hydrogen-bond donors (Lipinski definition) is 3. The molecule has 3 N–H and O–H groups in total. The zero-order valence-corrected chi connectivity index (χ0v) is 9.29. The summed E-state index contributed by atoms with van der Waals surface area (Å²) in [6, 6.07) is 3.85. The van der Waals surface area contributed by atoms with Crippen LogP contribution in [-0.4, -0.2) is 15.9 Å². The molecule has 1 amide bonds. The van der Waals surface area contributed by atoms with Crippen LogP contribution in [0.25, 0.3) is 0 Å². The van der Waals surface area contributed by atoms with E-state index in [0.717, 1.165) is 24.3 Å². The van der Waals surface area contributed by atoms with Crippen molar-refractivity contribution in [3.63, 3.8) is 0 Å². The van der Waals surface area contributed by atoms with Crippen LogP contribution >= 0.6 is 0 Å². The highest BCUT2D eigenvalue weighted by atomic mass is 19.1. The van der Waals surface area contributed by atoms with Crippen LogP contribution in [0.3, 0.4) is 0 Å². The Morgan fingerprint density at radius 2 is 1.74 bits per heavy atom. The minimum atomic E-state index is -1.01. The molecule has 8 heteroatoms. The first-order chi connectivity index (χ1) is 8.97. The van der Waals surface area contributed by atoms with Gasteiger partial charge in [0.25, 0.3) is 11.5 Å². The van der Waals surface area contributed by atoms with E-state index < -0.39 is 40.2 Å². The molecule has 0 saturated heterocycles. The summed E-state index contributed by atoms with van der Waals surface area (Å²) in [4.78, 5) is 37.5. The molecule has 2 rings (SSSR count). The van der Waals surface area contributed by atoms with E-state index in [1.165, 1.54) is 0 Å². The van der Waals surface area contributed by atoms with Gasteiger partial charge in [-0.15, -0.1) is 0 Å². The van der Waals surface area contributed by atoms with Crippen molar-refractivity contribution in [2.24, 2.45) is 0 Å². The molecule has 1 aromatic carbocycles. The van der Waals surface area contributed by atoms with E-state index in [2.05, 4.69) is 0 Å². The van der Waals surface area contributed by atoms with Gasteiger partial charge >= 0.3 is 5.69 Å². The van der Waals surface area contributed by atoms with Crippen LogP contribution in [0.5, 0.6) is 0 Å². The second-order valence-electron chi connectivity index (χ2n) is 3.55. The summed E-state index contributed by atoms with van der Waals surface area (Å²) in [6.45, 7) is 0. The molecule has 0 aliphatic carbocycles. The largest absolute Gasteiger partial charge is 0.326 e. The molecule has 19 heavy (non-hydrogen) atoms. The molecule has 0 fully saturated rings. The van der Waals surface area contributed by atoms with E-state index in [0.29, 0.717) is 0 Å². The van der Waals surface area contributed by atoms with E-state index in [4.69, 9.17) is 0 Å². The lowest BCUT2D eigenvalue weighted by Crippen LogP contribution is -2.27. The number of H-pyrrole nitrogens is 2. The van der Waals surface area contributed by atoms with Crippen molar-refractivity contribution in [2.45, 2.75) is 0 Å². The predicted octanol–water partition coefficient (Wildman–Crippen LogP) is 0.594. The number of amides is 1. The number of halogens is 2. The standard InChI is InChI=1S/C11H7F2N3O3/c12-5-2-1-3-6(13)9(5)16-10(18)7-4-8(17)15-11(19)14-7/h1-4H,(H,16,18)(H2,14,15,17,19). The first kappa shape index (κ1) is 12.7. The summed E-state index contributed by atoms with van der Waals surface area (Å²) < 4.78 is 26.6. The highest BCUT2D eigenvalue weighted by molar-refractivity contribution is 6.02. The quantitative estimate of drug-likeness (QED) is 0.743. The lowest BCUT2D eigenvalue weighted by molar-refractivity contribution is 0.102. The first-order valence-corrected chi connectivity index (χ1v) is 5.06. The van der Waals surface area contributed by atoms with Crippen LogP contribution in [0.2, 0.25) is 0 Å². The maximum atomic E-state index is 13.3. The minimum Gasteiger partial charge on any atom is -0.316 e. The fourth-order valence-electron chi connectivity index (χ4n) is 1.39. The summed E-state index contributed by atoms with van der Waals surface area (Å²) in [6.07, 6.45) is 0. The van der Waals surface area contributed by atoms with Crippen LogP contribution in [0, 0.1) is 11.6 Å². The van der Waals surface area contributed by atoms with Crippen molar-refractivity contribution >= 4 is 11.6 Å². The average molecular weight is 267 g/mol. The maximum Gasteiger partial charge on any atom is 0.326 e. The number of benzene rings is 1. The number of para-hydroxylation sites is 1. The molecule has 6 nitrogen and oxygen atoms in total. The van der Waals surface area contributed by atoms with Crippen LogP contribution in [0.15, 0.2) is 33.9 Å². The summed E-state index contributed by atoms with van der Waals surface area (Å²) in [5.74, 6) is -2.95. The molecular weight excluding hydrogens is 260 g/mol. The summed E-state index contributed by atoms with van der Waals surface area (Å²) >= 11 is 0. The van der Waals surface area contributed by atoms with Gasteiger partial charge in [0.1, 0.15) is 23.0 Å². The lowest BCUT2D eigenvalue weighted by Gasteiger charge is -2.06. The van der Waals surface area contributed by atoms with E-state index in [1.807, 2.05) is 15.3 Å². The molecule has 0 bridgehead atoms. The first-order valence-electron chi connectivity index (χ1n) is 5.06. The van der Waals surface area contributed by atoms with Crippen LogP contribution < -0.4 is 16.6 Å². The molecule has 1 aromatic heterocycles. The van der Waals surface area contributed by atoms with Gasteiger partial charge < -0.3 is 10.3 Å². The van der Waals surface area contributed by atoms with Gasteiger partial charge in [0.15, 0.2) is 0 Å². The minimum absolute atomic E-state index is 0.406. The van der Waals surface area contributed by atoms with E-state index in [9.17, 15) is 23.2 Å². The fraction of sp³-hybridized carbons (Fsp3) is 0. The van der Waals surface area contributed by atoms with Crippen molar-refractivity contribution in [3.05, 3.63) is 62.4 Å². The lowest BCUT2D eigenvalue weighted by atomic mass is 10.2. The molecule has 0 aliphatic heterocycles. The van der Waals surface area contributed by atoms with Crippen molar-refractivity contribution in [1.29, 1.82) is 0 Å².